The number of hydrogen-bond donors (Lipinski definition) is 6. The Labute approximate surface area is 281 Å². The maximum absolute atomic E-state index is 13.2. The summed E-state index contributed by atoms with van der Waals surface area (Å²) in [6.45, 7) is 0. The maximum atomic E-state index is 13.2. The molecule has 0 aromatic heterocycles. The lowest BCUT2D eigenvalue weighted by Gasteiger charge is -2.22. The number of hydrogen-bond acceptors (Lipinski definition) is 12. The van der Waals surface area contributed by atoms with Crippen molar-refractivity contribution in [3.05, 3.63) is 60.7 Å². The van der Waals surface area contributed by atoms with E-state index in [2.05, 4.69) is 0 Å². The Morgan fingerprint density at radius 1 is 0.340 bits per heavy atom. The molecule has 0 aliphatic carbocycles. The van der Waals surface area contributed by atoms with Gasteiger partial charge < -0.3 is 0 Å². The Hall–Kier alpha value is -3.92. The van der Waals surface area contributed by atoms with E-state index in [0.29, 0.717) is 12.1 Å². The van der Waals surface area contributed by atoms with Crippen molar-refractivity contribution in [3.8, 4) is 11.1 Å². The van der Waals surface area contributed by atoms with Gasteiger partial charge in [0.15, 0.2) is 0 Å². The molecule has 0 heterocycles. The molecule has 0 aliphatic heterocycles. The molecule has 0 radical (unpaired) electrons. The lowest BCUT2D eigenvalue weighted by molar-refractivity contribution is 0.478. The fraction of sp³-hybridized carbons (Fsp3) is 0. The molecule has 0 saturated heterocycles. The first-order valence-electron chi connectivity index (χ1n) is 12.9. The summed E-state index contributed by atoms with van der Waals surface area (Å²) in [5, 5.41) is -5.37. The van der Waals surface area contributed by atoms with Crippen molar-refractivity contribution >= 4 is 104 Å². The van der Waals surface area contributed by atoms with Gasteiger partial charge >= 0.3 is 0 Å². The number of fused-ring (bicyclic) bond motifs is 1. The summed E-state index contributed by atoms with van der Waals surface area (Å²) in [7, 11) is -33.2. The van der Waals surface area contributed by atoms with Crippen LogP contribution in [-0.2, 0) is 60.7 Å². The molecular formula is C26H16O18S6. The summed E-state index contributed by atoms with van der Waals surface area (Å²) in [4.78, 5) is -7.63. The topological polar surface area (TPSA) is 326 Å². The van der Waals surface area contributed by atoms with Gasteiger partial charge in [0.2, 0.25) is 0 Å². The van der Waals surface area contributed by atoms with Crippen LogP contribution in [0.5, 0.6) is 0 Å². The Balaban J connectivity index is 2.03. The van der Waals surface area contributed by atoms with E-state index in [0.717, 1.165) is 48.5 Å². The quantitative estimate of drug-likeness (QED) is 0.0997. The maximum Gasteiger partial charge on any atom is 0.295 e. The van der Waals surface area contributed by atoms with Crippen molar-refractivity contribution in [1.29, 1.82) is 0 Å². The molecule has 6 rings (SSSR count). The van der Waals surface area contributed by atoms with E-state index in [1.165, 1.54) is 0 Å². The molecule has 24 heteroatoms. The molecule has 50 heavy (non-hydrogen) atoms. The Bertz CT molecular complexity index is 3090. The van der Waals surface area contributed by atoms with Crippen molar-refractivity contribution in [2.24, 2.45) is 0 Å². The third-order valence-corrected chi connectivity index (χ3v) is 13.3. The highest BCUT2D eigenvalue weighted by atomic mass is 32.2. The summed E-state index contributed by atoms with van der Waals surface area (Å²) in [6, 6.07) is 7.48. The summed E-state index contributed by atoms with van der Waals surface area (Å²) < 4.78 is 213. The lowest BCUT2D eigenvalue weighted by Crippen LogP contribution is -2.13. The Kier molecular flexibility index (Phi) is 7.75. The molecule has 18 nitrogen and oxygen atoms in total. The highest BCUT2D eigenvalue weighted by Gasteiger charge is 2.37. The van der Waals surface area contributed by atoms with Gasteiger partial charge in [-0.1, -0.05) is 48.5 Å². The van der Waals surface area contributed by atoms with Gasteiger partial charge in [0.25, 0.3) is 60.7 Å². The molecule has 0 unspecified atom stereocenters. The van der Waals surface area contributed by atoms with Crippen LogP contribution in [0.4, 0.5) is 0 Å². The van der Waals surface area contributed by atoms with Crippen molar-refractivity contribution < 1.29 is 77.8 Å². The van der Waals surface area contributed by atoms with E-state index in [-0.39, 0.29) is 0 Å². The minimum absolute atomic E-state index is 0.361. The zero-order valence-corrected chi connectivity index (χ0v) is 28.7. The number of benzene rings is 6. The van der Waals surface area contributed by atoms with Gasteiger partial charge in [0.05, 0.1) is 0 Å². The largest absolute Gasteiger partial charge is 0.295 e. The van der Waals surface area contributed by atoms with Gasteiger partial charge in [0, 0.05) is 54.2 Å². The fourth-order valence-electron chi connectivity index (χ4n) is 6.14. The first kappa shape index (κ1) is 35.9. The standard InChI is InChI=1S/C26H16O18S6/c27-45(28,29)18-3-1-2-12-11(18)4-7-17(24(12)48(36,37)38)23-25(49(39,40)41)15-8-5-13-19(46(30,31)32)10-20(47(33,34)35)14-6-9-16(22(15)21(13)14)26(23)50(42,43)44/h1-10H,(H,27,28,29)(H,30,31,32)(H,33,34,35)(H,36,37,38)(H,39,40,41)(H,42,43,44). The Morgan fingerprint density at radius 2 is 0.720 bits per heavy atom. The zero-order chi connectivity index (χ0) is 37.3. The first-order chi connectivity index (χ1) is 22.6. The first-order valence-corrected chi connectivity index (χ1v) is 21.5. The second-order valence-electron chi connectivity index (χ2n) is 10.6. The van der Waals surface area contributed by atoms with Crippen LogP contribution in [0.3, 0.4) is 0 Å². The van der Waals surface area contributed by atoms with Crippen LogP contribution < -0.4 is 0 Å². The van der Waals surface area contributed by atoms with Crippen molar-refractivity contribution in [2.45, 2.75) is 29.4 Å². The van der Waals surface area contributed by atoms with Crippen molar-refractivity contribution in [2.75, 3.05) is 0 Å². The van der Waals surface area contributed by atoms with E-state index in [1.807, 2.05) is 0 Å². The molecule has 0 aliphatic rings. The highest BCUT2D eigenvalue weighted by molar-refractivity contribution is 7.88. The van der Waals surface area contributed by atoms with Gasteiger partial charge in [0.1, 0.15) is 29.4 Å². The third-order valence-electron chi connectivity index (χ3n) is 7.75. The molecule has 6 N–H and O–H groups in total. The molecule has 6 aromatic rings. The van der Waals surface area contributed by atoms with E-state index >= 15 is 0 Å². The van der Waals surface area contributed by atoms with Crippen LogP contribution in [0.25, 0.3) is 54.2 Å². The third kappa shape index (κ3) is 5.58. The van der Waals surface area contributed by atoms with Gasteiger partial charge in [-0.3, -0.25) is 27.3 Å². The molecule has 0 fully saturated rings. The molecule has 0 saturated carbocycles. The van der Waals surface area contributed by atoms with E-state index in [4.69, 9.17) is 0 Å². The van der Waals surface area contributed by atoms with Crippen LogP contribution in [0, 0.1) is 0 Å². The van der Waals surface area contributed by atoms with Crippen LogP contribution >= 0.6 is 0 Å². The highest BCUT2D eigenvalue weighted by Crippen LogP contribution is 2.50. The monoisotopic (exact) mass is 808 g/mol. The second kappa shape index (κ2) is 10.8. The average Bonchev–Trinajstić information content (AvgIpc) is 2.94. The molecule has 0 atom stereocenters. The normalized spacial score (nSPS) is 14.0. The number of rotatable bonds is 7. The Morgan fingerprint density at radius 3 is 1.12 bits per heavy atom. The lowest BCUT2D eigenvalue weighted by atomic mass is 9.90. The molecule has 0 amide bonds. The summed E-state index contributed by atoms with van der Waals surface area (Å²) >= 11 is 0. The molecule has 264 valence electrons. The molecule has 6 aromatic carbocycles. The average molecular weight is 809 g/mol. The molecule has 0 spiro atoms. The van der Waals surface area contributed by atoms with E-state index in [1.54, 1.807) is 0 Å². The zero-order valence-electron chi connectivity index (χ0n) is 23.8. The van der Waals surface area contributed by atoms with Crippen LogP contribution in [0.2, 0.25) is 0 Å². The minimum Gasteiger partial charge on any atom is -0.282 e. The summed E-state index contributed by atoms with van der Waals surface area (Å²) in [6.07, 6.45) is 0. The predicted molar refractivity (Wildman–Crippen MR) is 172 cm³/mol. The van der Waals surface area contributed by atoms with Gasteiger partial charge in [-0.2, -0.15) is 50.5 Å². The minimum atomic E-state index is -5.84. The smallest absolute Gasteiger partial charge is 0.282 e. The van der Waals surface area contributed by atoms with E-state index in [9.17, 15) is 77.8 Å². The van der Waals surface area contributed by atoms with Crippen LogP contribution in [0.1, 0.15) is 0 Å². The second-order valence-corrected chi connectivity index (χ2v) is 18.9. The van der Waals surface area contributed by atoms with Crippen LogP contribution in [-0.4, -0.2) is 77.8 Å². The van der Waals surface area contributed by atoms with Gasteiger partial charge in [-0.25, -0.2) is 0 Å². The van der Waals surface area contributed by atoms with Gasteiger partial charge in [-0.05, 0) is 12.1 Å². The van der Waals surface area contributed by atoms with E-state index < -0.39 is 144 Å². The molecule has 0 bridgehead atoms. The SMILES string of the molecule is O=S(=O)(O)c1cccc2c(S(=O)(=O)O)c(-c3c(S(=O)(=O)O)c4ccc5c(S(=O)(=O)O)cc(S(=O)(=O)O)c6ccc(c3S(=O)(=O)O)c4c56)ccc12. The molecular weight excluding hydrogens is 793 g/mol. The van der Waals surface area contributed by atoms with Crippen molar-refractivity contribution in [3.63, 3.8) is 0 Å². The summed E-state index contributed by atoms with van der Waals surface area (Å²) in [5.74, 6) is 0. The van der Waals surface area contributed by atoms with Crippen molar-refractivity contribution in [1.82, 2.24) is 0 Å². The predicted octanol–water partition coefficient (Wildman–Crippen LogP) is 2.88. The summed E-state index contributed by atoms with van der Waals surface area (Å²) in [5.41, 5.74) is -2.40. The van der Waals surface area contributed by atoms with Gasteiger partial charge in [-0.15, -0.1) is 0 Å². The fourth-order valence-corrected chi connectivity index (χ4v) is 11.2. The van der Waals surface area contributed by atoms with Crippen LogP contribution in [0.15, 0.2) is 90.0 Å².